The van der Waals surface area contributed by atoms with Crippen LogP contribution < -0.4 is 11.1 Å². The number of ether oxygens (including phenoxy) is 1. The standard InChI is InChI=1S/C16H26N2O2/c1-10(2)13(11(3)4)9-18-15-12(16(19)20-5)7-6-8-14(15)17/h6-8,10-11,13,18H,9,17H2,1-5H3. The molecule has 4 heteroatoms. The maximum absolute atomic E-state index is 11.8. The molecule has 0 bridgehead atoms. The number of carbonyl (C=O) groups is 1. The van der Waals surface area contributed by atoms with Crippen LogP contribution in [-0.2, 0) is 4.74 Å². The van der Waals surface area contributed by atoms with E-state index in [0.29, 0.717) is 34.7 Å². The van der Waals surface area contributed by atoms with Crippen LogP contribution in [0.4, 0.5) is 11.4 Å². The molecule has 0 heterocycles. The number of hydrogen-bond acceptors (Lipinski definition) is 4. The molecule has 0 aliphatic carbocycles. The van der Waals surface area contributed by atoms with Gasteiger partial charge in [-0.25, -0.2) is 4.79 Å². The first-order valence-corrected chi connectivity index (χ1v) is 7.09. The maximum Gasteiger partial charge on any atom is 0.340 e. The maximum atomic E-state index is 11.8. The van der Waals surface area contributed by atoms with E-state index < -0.39 is 0 Å². The lowest BCUT2D eigenvalue weighted by atomic mass is 9.85. The molecule has 0 saturated carbocycles. The summed E-state index contributed by atoms with van der Waals surface area (Å²) >= 11 is 0. The van der Waals surface area contributed by atoms with Gasteiger partial charge in [0, 0.05) is 6.54 Å². The van der Waals surface area contributed by atoms with Gasteiger partial charge in [0.25, 0.3) is 0 Å². The molecule has 0 spiro atoms. The molecule has 0 saturated heterocycles. The van der Waals surface area contributed by atoms with Crippen LogP contribution in [0, 0.1) is 17.8 Å². The zero-order valence-corrected chi connectivity index (χ0v) is 13.1. The summed E-state index contributed by atoms with van der Waals surface area (Å²) in [6, 6.07) is 5.27. The molecule has 1 aromatic carbocycles. The van der Waals surface area contributed by atoms with Crippen LogP contribution in [0.3, 0.4) is 0 Å². The van der Waals surface area contributed by atoms with Crippen LogP contribution >= 0.6 is 0 Å². The number of carbonyl (C=O) groups excluding carboxylic acids is 1. The number of methoxy groups -OCH3 is 1. The first kappa shape index (κ1) is 16.3. The molecular weight excluding hydrogens is 252 g/mol. The number of para-hydroxylation sites is 1. The van der Waals surface area contributed by atoms with E-state index in [0.717, 1.165) is 6.54 Å². The Morgan fingerprint density at radius 1 is 1.25 bits per heavy atom. The largest absolute Gasteiger partial charge is 0.465 e. The van der Waals surface area contributed by atoms with Gasteiger partial charge in [-0.15, -0.1) is 0 Å². The van der Waals surface area contributed by atoms with Gasteiger partial charge in [-0.1, -0.05) is 33.8 Å². The van der Waals surface area contributed by atoms with Crippen molar-refractivity contribution >= 4 is 17.3 Å². The summed E-state index contributed by atoms with van der Waals surface area (Å²) in [5.41, 5.74) is 7.71. The van der Waals surface area contributed by atoms with E-state index in [1.54, 1.807) is 18.2 Å². The van der Waals surface area contributed by atoms with Crippen molar-refractivity contribution in [2.75, 3.05) is 24.7 Å². The number of anilines is 2. The van der Waals surface area contributed by atoms with Crippen LogP contribution in [0.5, 0.6) is 0 Å². The van der Waals surface area contributed by atoms with Crippen LogP contribution in [0.15, 0.2) is 18.2 Å². The summed E-state index contributed by atoms with van der Waals surface area (Å²) in [7, 11) is 1.38. The molecule has 3 N–H and O–H groups in total. The number of rotatable bonds is 6. The molecule has 0 amide bonds. The van der Waals surface area contributed by atoms with Gasteiger partial charge < -0.3 is 15.8 Å². The monoisotopic (exact) mass is 278 g/mol. The van der Waals surface area contributed by atoms with Crippen molar-refractivity contribution in [2.24, 2.45) is 17.8 Å². The molecule has 0 aliphatic rings. The number of nitrogens with two attached hydrogens (primary N) is 1. The van der Waals surface area contributed by atoms with Crippen molar-refractivity contribution in [3.8, 4) is 0 Å². The molecule has 0 radical (unpaired) electrons. The Bertz CT molecular complexity index is 448. The third kappa shape index (κ3) is 3.89. The Kier molecular flexibility index (Phi) is 5.86. The van der Waals surface area contributed by atoms with Crippen molar-refractivity contribution in [2.45, 2.75) is 27.7 Å². The smallest absolute Gasteiger partial charge is 0.340 e. The molecule has 1 rings (SSSR count). The van der Waals surface area contributed by atoms with Crippen LogP contribution in [-0.4, -0.2) is 19.6 Å². The first-order valence-electron chi connectivity index (χ1n) is 7.09. The van der Waals surface area contributed by atoms with Crippen LogP contribution in [0.2, 0.25) is 0 Å². The van der Waals surface area contributed by atoms with E-state index in [1.165, 1.54) is 7.11 Å². The Labute approximate surface area is 121 Å². The summed E-state index contributed by atoms with van der Waals surface area (Å²) in [6.07, 6.45) is 0. The van der Waals surface area contributed by atoms with Crippen molar-refractivity contribution in [1.82, 2.24) is 0 Å². The summed E-state index contributed by atoms with van der Waals surface area (Å²) in [4.78, 5) is 11.8. The lowest BCUT2D eigenvalue weighted by Gasteiger charge is -2.26. The van der Waals surface area contributed by atoms with Crippen LogP contribution in [0.1, 0.15) is 38.1 Å². The lowest BCUT2D eigenvalue weighted by Crippen LogP contribution is -2.25. The van der Waals surface area contributed by atoms with E-state index in [-0.39, 0.29) is 5.97 Å². The van der Waals surface area contributed by atoms with E-state index in [9.17, 15) is 4.79 Å². The quantitative estimate of drug-likeness (QED) is 0.618. The van der Waals surface area contributed by atoms with E-state index in [2.05, 4.69) is 33.0 Å². The summed E-state index contributed by atoms with van der Waals surface area (Å²) < 4.78 is 4.80. The zero-order valence-electron chi connectivity index (χ0n) is 13.1. The van der Waals surface area contributed by atoms with Gasteiger partial charge in [-0.05, 0) is 29.9 Å². The van der Waals surface area contributed by atoms with Crippen molar-refractivity contribution in [1.29, 1.82) is 0 Å². The second kappa shape index (κ2) is 7.17. The molecule has 0 aromatic heterocycles. The molecule has 112 valence electrons. The molecule has 0 aliphatic heterocycles. The first-order chi connectivity index (χ1) is 9.38. The lowest BCUT2D eigenvalue weighted by molar-refractivity contribution is 0.0602. The van der Waals surface area contributed by atoms with Gasteiger partial charge in [0.1, 0.15) is 0 Å². The number of benzene rings is 1. The molecule has 4 nitrogen and oxygen atoms in total. The second-order valence-corrected chi connectivity index (χ2v) is 5.79. The van der Waals surface area contributed by atoms with E-state index in [1.807, 2.05) is 0 Å². The zero-order chi connectivity index (χ0) is 15.3. The SMILES string of the molecule is COC(=O)c1cccc(N)c1NCC(C(C)C)C(C)C. The number of esters is 1. The Morgan fingerprint density at radius 2 is 1.85 bits per heavy atom. The highest BCUT2D eigenvalue weighted by molar-refractivity contribution is 5.98. The summed E-state index contributed by atoms with van der Waals surface area (Å²) in [5.74, 6) is 1.27. The predicted octanol–water partition coefficient (Wildman–Crippen LogP) is 3.40. The van der Waals surface area contributed by atoms with E-state index in [4.69, 9.17) is 10.5 Å². The minimum Gasteiger partial charge on any atom is -0.465 e. The molecule has 0 fully saturated rings. The summed E-state index contributed by atoms with van der Waals surface area (Å²) in [5, 5.41) is 3.33. The number of nitrogens with one attached hydrogen (secondary N) is 1. The fourth-order valence-electron chi connectivity index (χ4n) is 2.51. The summed E-state index contributed by atoms with van der Waals surface area (Å²) in [6.45, 7) is 9.63. The third-order valence-electron chi connectivity index (χ3n) is 3.73. The fraction of sp³-hybridized carbons (Fsp3) is 0.562. The average Bonchev–Trinajstić information content (AvgIpc) is 2.38. The molecule has 0 atom stereocenters. The van der Waals surface area contributed by atoms with E-state index >= 15 is 0 Å². The Balaban J connectivity index is 2.94. The molecular formula is C16H26N2O2. The minimum absolute atomic E-state index is 0.370. The van der Waals surface area contributed by atoms with Crippen molar-refractivity contribution < 1.29 is 9.53 Å². The van der Waals surface area contributed by atoms with Gasteiger partial charge in [-0.3, -0.25) is 0 Å². The van der Waals surface area contributed by atoms with Crippen molar-refractivity contribution in [3.05, 3.63) is 23.8 Å². The molecule has 1 aromatic rings. The average molecular weight is 278 g/mol. The van der Waals surface area contributed by atoms with Gasteiger partial charge >= 0.3 is 5.97 Å². The second-order valence-electron chi connectivity index (χ2n) is 5.79. The predicted molar refractivity (Wildman–Crippen MR) is 83.8 cm³/mol. The third-order valence-corrected chi connectivity index (χ3v) is 3.73. The topological polar surface area (TPSA) is 64.3 Å². The van der Waals surface area contributed by atoms with Crippen molar-refractivity contribution in [3.63, 3.8) is 0 Å². The number of hydrogen-bond donors (Lipinski definition) is 2. The van der Waals surface area contributed by atoms with Gasteiger partial charge in [0.05, 0.1) is 24.0 Å². The fourth-order valence-corrected chi connectivity index (χ4v) is 2.51. The number of nitrogen functional groups attached to an aromatic ring is 1. The minimum atomic E-state index is -0.370. The molecule has 20 heavy (non-hydrogen) atoms. The highest BCUT2D eigenvalue weighted by Crippen LogP contribution is 2.27. The van der Waals surface area contributed by atoms with Gasteiger partial charge in [0.15, 0.2) is 0 Å². The normalized spacial score (nSPS) is 11.2. The van der Waals surface area contributed by atoms with Crippen LogP contribution in [0.25, 0.3) is 0 Å². The van der Waals surface area contributed by atoms with Gasteiger partial charge in [-0.2, -0.15) is 0 Å². The van der Waals surface area contributed by atoms with Gasteiger partial charge in [0.2, 0.25) is 0 Å². The Morgan fingerprint density at radius 3 is 2.35 bits per heavy atom. The molecule has 0 unspecified atom stereocenters. The highest BCUT2D eigenvalue weighted by atomic mass is 16.5. The highest BCUT2D eigenvalue weighted by Gasteiger charge is 2.19. The Hall–Kier alpha value is -1.71.